The summed E-state index contributed by atoms with van der Waals surface area (Å²) < 4.78 is 13.5. The average molecular weight is 255 g/mol. The molecule has 0 spiro atoms. The highest BCUT2D eigenvalue weighted by Gasteiger charge is 2.06. The molecule has 0 aliphatic carbocycles. The highest BCUT2D eigenvalue weighted by molar-refractivity contribution is 9.10. The van der Waals surface area contributed by atoms with E-state index in [1.807, 2.05) is 0 Å². The van der Waals surface area contributed by atoms with Crippen LogP contribution < -0.4 is 0 Å². The van der Waals surface area contributed by atoms with Crippen molar-refractivity contribution < 1.29 is 9.18 Å². The molecule has 0 aliphatic heterocycles. The third kappa shape index (κ3) is 2.97. The van der Waals surface area contributed by atoms with Crippen molar-refractivity contribution >= 4 is 21.7 Å². The first-order chi connectivity index (χ1) is 6.63. The highest BCUT2D eigenvalue weighted by atomic mass is 79.9. The van der Waals surface area contributed by atoms with E-state index in [0.717, 1.165) is 0 Å². The molecule has 1 nitrogen and oxygen atoms in total. The number of rotatable bonds is 2. The van der Waals surface area contributed by atoms with E-state index in [9.17, 15) is 9.18 Å². The van der Waals surface area contributed by atoms with Crippen LogP contribution in [0.1, 0.15) is 23.7 Å². The lowest BCUT2D eigenvalue weighted by Crippen LogP contribution is -1.98. The summed E-state index contributed by atoms with van der Waals surface area (Å²) >= 11 is 3.12. The molecule has 0 saturated heterocycles. The van der Waals surface area contributed by atoms with Gasteiger partial charge < -0.3 is 0 Å². The molecule has 1 rings (SSSR count). The molecule has 0 saturated carbocycles. The molecule has 72 valence electrons. The van der Waals surface area contributed by atoms with Crippen LogP contribution in [0.5, 0.6) is 0 Å². The normalized spacial score (nSPS) is 9.07. The summed E-state index contributed by atoms with van der Waals surface area (Å²) in [7, 11) is 0. The van der Waals surface area contributed by atoms with Gasteiger partial charge in [-0.05, 0) is 25.1 Å². The smallest absolute Gasteiger partial charge is 0.174 e. The van der Waals surface area contributed by atoms with E-state index in [0.29, 0.717) is 10.0 Å². The van der Waals surface area contributed by atoms with Crippen molar-refractivity contribution in [3.05, 3.63) is 34.1 Å². The van der Waals surface area contributed by atoms with Crippen LogP contribution in [-0.4, -0.2) is 5.78 Å². The zero-order valence-corrected chi connectivity index (χ0v) is 9.19. The summed E-state index contributed by atoms with van der Waals surface area (Å²) in [5.41, 5.74) is 0.347. The van der Waals surface area contributed by atoms with Crippen LogP contribution in [0.25, 0.3) is 0 Å². The van der Waals surface area contributed by atoms with Gasteiger partial charge >= 0.3 is 0 Å². The second-order valence-electron chi connectivity index (χ2n) is 2.68. The van der Waals surface area contributed by atoms with Gasteiger partial charge in [0.2, 0.25) is 0 Å². The molecular formula is C11H8BrFO. The van der Waals surface area contributed by atoms with Crippen LogP contribution in [0.15, 0.2) is 22.7 Å². The van der Waals surface area contributed by atoms with Crippen molar-refractivity contribution in [1.82, 2.24) is 0 Å². The van der Waals surface area contributed by atoms with E-state index in [2.05, 4.69) is 27.8 Å². The van der Waals surface area contributed by atoms with Crippen molar-refractivity contribution in [2.24, 2.45) is 0 Å². The number of halogens is 2. The first kappa shape index (κ1) is 10.9. The maximum absolute atomic E-state index is 12.9. The minimum atomic E-state index is -0.424. The fourth-order valence-corrected chi connectivity index (χ4v) is 1.45. The molecule has 0 amide bonds. The van der Waals surface area contributed by atoms with E-state index in [-0.39, 0.29) is 12.2 Å². The molecule has 0 atom stereocenters. The van der Waals surface area contributed by atoms with E-state index >= 15 is 0 Å². The van der Waals surface area contributed by atoms with Crippen LogP contribution >= 0.6 is 15.9 Å². The lowest BCUT2D eigenvalue weighted by Gasteiger charge is -1.98. The molecular weight excluding hydrogens is 247 g/mol. The summed E-state index contributed by atoms with van der Waals surface area (Å²) in [6.07, 6.45) is 0.131. The lowest BCUT2D eigenvalue weighted by atomic mass is 10.1. The van der Waals surface area contributed by atoms with Crippen molar-refractivity contribution in [1.29, 1.82) is 0 Å². The van der Waals surface area contributed by atoms with E-state index in [1.165, 1.54) is 12.1 Å². The Kier molecular flexibility index (Phi) is 3.84. The SMILES string of the molecule is CC#CCC(=O)c1cc(F)cc(Br)c1. The Labute approximate surface area is 90.4 Å². The topological polar surface area (TPSA) is 17.1 Å². The number of benzene rings is 1. The van der Waals surface area contributed by atoms with Crippen LogP contribution in [0.4, 0.5) is 4.39 Å². The van der Waals surface area contributed by atoms with Gasteiger partial charge in [-0.15, -0.1) is 5.92 Å². The number of ketones is 1. The molecule has 0 unspecified atom stereocenters. The van der Waals surface area contributed by atoms with Crippen LogP contribution in [-0.2, 0) is 0 Å². The van der Waals surface area contributed by atoms with Gasteiger partial charge in [0.15, 0.2) is 5.78 Å². The lowest BCUT2D eigenvalue weighted by molar-refractivity contribution is 0.0997. The number of Topliss-reactive ketones (excluding diaryl/α,β-unsaturated/α-hetero) is 1. The van der Waals surface area contributed by atoms with Gasteiger partial charge in [0.25, 0.3) is 0 Å². The van der Waals surface area contributed by atoms with Crippen LogP contribution in [0.3, 0.4) is 0 Å². The van der Waals surface area contributed by atoms with Gasteiger partial charge in [-0.1, -0.05) is 21.9 Å². The van der Waals surface area contributed by atoms with Gasteiger partial charge in [-0.25, -0.2) is 4.39 Å². The third-order valence-corrected chi connectivity index (χ3v) is 2.07. The zero-order chi connectivity index (χ0) is 10.6. The molecule has 0 N–H and O–H groups in total. The second-order valence-corrected chi connectivity index (χ2v) is 3.60. The Hall–Kier alpha value is -1.14. The van der Waals surface area contributed by atoms with Crippen LogP contribution in [0.2, 0.25) is 0 Å². The van der Waals surface area contributed by atoms with Gasteiger partial charge in [0.1, 0.15) is 5.82 Å². The first-order valence-corrected chi connectivity index (χ1v) is 4.81. The number of hydrogen-bond donors (Lipinski definition) is 0. The number of hydrogen-bond acceptors (Lipinski definition) is 1. The van der Waals surface area contributed by atoms with Crippen molar-refractivity contribution in [3.8, 4) is 11.8 Å². The molecule has 14 heavy (non-hydrogen) atoms. The monoisotopic (exact) mass is 254 g/mol. The Morgan fingerprint density at radius 1 is 1.50 bits per heavy atom. The van der Waals surface area contributed by atoms with E-state index in [4.69, 9.17) is 0 Å². The molecule has 0 aliphatic rings. The molecule has 3 heteroatoms. The van der Waals surface area contributed by atoms with Crippen LogP contribution in [0, 0.1) is 17.7 Å². The number of carbonyl (C=O) groups is 1. The fraction of sp³-hybridized carbons (Fsp3) is 0.182. The number of carbonyl (C=O) groups excluding carboxylic acids is 1. The molecule has 1 aromatic rings. The minimum Gasteiger partial charge on any atom is -0.293 e. The van der Waals surface area contributed by atoms with Crippen molar-refractivity contribution in [2.75, 3.05) is 0 Å². The zero-order valence-electron chi connectivity index (χ0n) is 7.60. The van der Waals surface area contributed by atoms with Gasteiger partial charge in [-0.3, -0.25) is 4.79 Å². The fourth-order valence-electron chi connectivity index (χ4n) is 0.986. The largest absolute Gasteiger partial charge is 0.293 e. The molecule has 1 aromatic carbocycles. The molecule has 0 heterocycles. The molecule has 0 fully saturated rings. The standard InChI is InChI=1S/C11H8BrFO/c1-2-3-4-11(14)8-5-9(12)7-10(13)6-8/h5-7H,4H2,1H3. The Morgan fingerprint density at radius 3 is 2.79 bits per heavy atom. The Bertz CT molecular complexity index is 395. The second kappa shape index (κ2) is 4.92. The maximum atomic E-state index is 12.9. The third-order valence-electron chi connectivity index (χ3n) is 1.61. The summed E-state index contributed by atoms with van der Waals surface area (Å²) in [5.74, 6) is 4.68. The molecule has 0 bridgehead atoms. The first-order valence-electron chi connectivity index (χ1n) is 4.02. The van der Waals surface area contributed by atoms with Crippen molar-refractivity contribution in [2.45, 2.75) is 13.3 Å². The van der Waals surface area contributed by atoms with Gasteiger partial charge in [0.05, 0.1) is 6.42 Å². The predicted molar refractivity (Wildman–Crippen MR) is 56.5 cm³/mol. The quantitative estimate of drug-likeness (QED) is 0.586. The maximum Gasteiger partial charge on any atom is 0.174 e. The highest BCUT2D eigenvalue weighted by Crippen LogP contribution is 2.15. The predicted octanol–water partition coefficient (Wildman–Crippen LogP) is 3.18. The van der Waals surface area contributed by atoms with E-state index in [1.54, 1.807) is 13.0 Å². The minimum absolute atomic E-state index is 0.131. The summed E-state index contributed by atoms with van der Waals surface area (Å²) in [6.45, 7) is 1.66. The molecule has 0 aromatic heterocycles. The molecule has 0 radical (unpaired) electrons. The van der Waals surface area contributed by atoms with E-state index < -0.39 is 5.82 Å². The average Bonchev–Trinajstić information content (AvgIpc) is 2.12. The summed E-state index contributed by atoms with van der Waals surface area (Å²) in [5, 5.41) is 0. The Balaban J connectivity index is 2.93. The summed E-state index contributed by atoms with van der Waals surface area (Å²) in [4.78, 5) is 11.4. The summed E-state index contributed by atoms with van der Waals surface area (Å²) in [6, 6.07) is 4.11. The Morgan fingerprint density at radius 2 is 2.21 bits per heavy atom. The van der Waals surface area contributed by atoms with Gasteiger partial charge in [0, 0.05) is 10.0 Å². The van der Waals surface area contributed by atoms with Gasteiger partial charge in [-0.2, -0.15) is 0 Å². The van der Waals surface area contributed by atoms with Crippen molar-refractivity contribution in [3.63, 3.8) is 0 Å².